The maximum absolute atomic E-state index is 12.5. The van der Waals surface area contributed by atoms with Gasteiger partial charge in [0.05, 0.1) is 6.33 Å². The van der Waals surface area contributed by atoms with Crippen LogP contribution in [0.3, 0.4) is 0 Å². The van der Waals surface area contributed by atoms with Crippen molar-refractivity contribution >= 4 is 17.3 Å². The molecule has 2 aromatic rings. The molecule has 0 aliphatic carbocycles. The third kappa shape index (κ3) is 2.26. The maximum Gasteiger partial charge on any atom is 0.227 e. The molecule has 0 radical (unpaired) electrons. The van der Waals surface area contributed by atoms with E-state index in [0.29, 0.717) is 0 Å². The molecule has 1 amide bonds. The first kappa shape index (κ1) is 13.4. The van der Waals surface area contributed by atoms with Gasteiger partial charge in [-0.15, -0.1) is 0 Å². The zero-order valence-electron chi connectivity index (χ0n) is 12.7. The van der Waals surface area contributed by atoms with Gasteiger partial charge >= 0.3 is 0 Å². The summed E-state index contributed by atoms with van der Waals surface area (Å²) in [4.78, 5) is 18.9. The molecule has 0 saturated heterocycles. The molecular weight excluding hydrogens is 276 g/mol. The minimum Gasteiger partial charge on any atom is -0.374 e. The largest absolute Gasteiger partial charge is 0.374 e. The summed E-state index contributed by atoms with van der Waals surface area (Å²) < 4.78 is 2.13. The lowest BCUT2D eigenvalue weighted by Gasteiger charge is -2.23. The second-order valence-corrected chi connectivity index (χ2v) is 6.27. The molecule has 2 aliphatic rings. The SMILES string of the molecule is CN1CCc2cc(NC(=O)C3CCn4cncc4C3)ccc21. The van der Waals surface area contributed by atoms with Crippen LogP contribution in [-0.2, 0) is 24.2 Å². The van der Waals surface area contributed by atoms with E-state index in [4.69, 9.17) is 0 Å². The van der Waals surface area contributed by atoms with Crippen LogP contribution in [0.15, 0.2) is 30.7 Å². The monoisotopic (exact) mass is 296 g/mol. The van der Waals surface area contributed by atoms with Gasteiger partial charge in [-0.1, -0.05) is 0 Å². The van der Waals surface area contributed by atoms with Crippen molar-refractivity contribution in [3.05, 3.63) is 42.0 Å². The number of hydrogen-bond donors (Lipinski definition) is 1. The molecule has 5 heteroatoms. The van der Waals surface area contributed by atoms with Crippen LogP contribution in [-0.4, -0.2) is 29.1 Å². The van der Waals surface area contributed by atoms with E-state index in [1.165, 1.54) is 11.3 Å². The lowest BCUT2D eigenvalue weighted by atomic mass is 9.95. The summed E-state index contributed by atoms with van der Waals surface area (Å²) in [5.74, 6) is 0.166. The number of aromatic nitrogens is 2. The van der Waals surface area contributed by atoms with E-state index in [9.17, 15) is 4.79 Å². The number of aryl methyl sites for hydroxylation is 1. The third-order valence-electron chi connectivity index (χ3n) is 4.82. The number of carbonyl (C=O) groups excluding carboxylic acids is 1. The van der Waals surface area contributed by atoms with Crippen molar-refractivity contribution in [1.29, 1.82) is 0 Å². The Morgan fingerprint density at radius 3 is 3.18 bits per heavy atom. The molecule has 1 N–H and O–H groups in total. The van der Waals surface area contributed by atoms with Crippen molar-refractivity contribution in [2.24, 2.45) is 5.92 Å². The Kier molecular flexibility index (Phi) is 3.13. The molecule has 0 spiro atoms. The number of carbonyl (C=O) groups is 1. The minimum atomic E-state index is 0.0418. The number of rotatable bonds is 2. The zero-order chi connectivity index (χ0) is 15.1. The quantitative estimate of drug-likeness (QED) is 0.923. The van der Waals surface area contributed by atoms with Crippen LogP contribution < -0.4 is 10.2 Å². The molecule has 22 heavy (non-hydrogen) atoms. The van der Waals surface area contributed by atoms with Gasteiger partial charge in [0, 0.05) is 55.7 Å². The molecule has 1 aromatic heterocycles. The molecule has 1 atom stereocenters. The highest BCUT2D eigenvalue weighted by Gasteiger charge is 2.25. The van der Waals surface area contributed by atoms with E-state index in [-0.39, 0.29) is 11.8 Å². The van der Waals surface area contributed by atoms with Crippen molar-refractivity contribution in [3.8, 4) is 0 Å². The van der Waals surface area contributed by atoms with Crippen LogP contribution in [0.1, 0.15) is 17.7 Å². The molecule has 0 fully saturated rings. The highest BCUT2D eigenvalue weighted by Crippen LogP contribution is 2.29. The van der Waals surface area contributed by atoms with Crippen molar-refractivity contribution in [3.63, 3.8) is 0 Å². The third-order valence-corrected chi connectivity index (χ3v) is 4.82. The molecule has 1 unspecified atom stereocenters. The van der Waals surface area contributed by atoms with Gasteiger partial charge in [-0.3, -0.25) is 4.79 Å². The summed E-state index contributed by atoms with van der Waals surface area (Å²) in [6, 6.07) is 6.23. The average Bonchev–Trinajstić information content (AvgIpc) is 3.13. The summed E-state index contributed by atoms with van der Waals surface area (Å²) >= 11 is 0. The summed E-state index contributed by atoms with van der Waals surface area (Å²) in [5.41, 5.74) is 4.67. The molecule has 5 nitrogen and oxygen atoms in total. The predicted molar refractivity (Wildman–Crippen MR) is 86.1 cm³/mol. The van der Waals surface area contributed by atoms with E-state index in [1.807, 2.05) is 18.6 Å². The molecule has 3 heterocycles. The number of fused-ring (bicyclic) bond motifs is 2. The van der Waals surface area contributed by atoms with E-state index >= 15 is 0 Å². The highest BCUT2D eigenvalue weighted by atomic mass is 16.1. The first-order valence-corrected chi connectivity index (χ1v) is 7.84. The van der Waals surface area contributed by atoms with Gasteiger partial charge in [0.1, 0.15) is 0 Å². The first-order valence-electron chi connectivity index (χ1n) is 7.84. The topological polar surface area (TPSA) is 50.2 Å². The first-order chi connectivity index (χ1) is 10.7. The standard InChI is InChI=1S/C17H20N4O/c1-20-6-4-12-8-14(2-3-16(12)20)19-17(22)13-5-7-21-11-18-10-15(21)9-13/h2-3,8,10-11,13H,4-7,9H2,1H3,(H,19,22). The summed E-state index contributed by atoms with van der Waals surface area (Å²) in [6.07, 6.45) is 6.42. The van der Waals surface area contributed by atoms with Crippen LogP contribution in [0.4, 0.5) is 11.4 Å². The van der Waals surface area contributed by atoms with Gasteiger partial charge < -0.3 is 14.8 Å². The van der Waals surface area contributed by atoms with Gasteiger partial charge in [-0.2, -0.15) is 0 Å². The van der Waals surface area contributed by atoms with E-state index in [0.717, 1.165) is 43.7 Å². The van der Waals surface area contributed by atoms with Gasteiger partial charge in [-0.25, -0.2) is 4.98 Å². The second-order valence-electron chi connectivity index (χ2n) is 6.27. The predicted octanol–water partition coefficient (Wildman–Crippen LogP) is 2.08. The highest BCUT2D eigenvalue weighted by molar-refractivity contribution is 5.93. The van der Waals surface area contributed by atoms with Gasteiger partial charge in [0.15, 0.2) is 0 Å². The van der Waals surface area contributed by atoms with Crippen LogP contribution in [0, 0.1) is 5.92 Å². The van der Waals surface area contributed by atoms with Crippen LogP contribution in [0.25, 0.3) is 0 Å². The van der Waals surface area contributed by atoms with Crippen molar-refractivity contribution < 1.29 is 4.79 Å². The van der Waals surface area contributed by atoms with E-state index < -0.39 is 0 Å². The minimum absolute atomic E-state index is 0.0418. The van der Waals surface area contributed by atoms with Gasteiger partial charge in [0.2, 0.25) is 5.91 Å². The Balaban J connectivity index is 1.47. The summed E-state index contributed by atoms with van der Waals surface area (Å²) in [6.45, 7) is 1.93. The number of likely N-dealkylation sites (N-methyl/N-ethyl adjacent to an activating group) is 1. The van der Waals surface area contributed by atoms with Gasteiger partial charge in [0.25, 0.3) is 0 Å². The Bertz CT molecular complexity index is 721. The van der Waals surface area contributed by atoms with Crippen molar-refractivity contribution in [1.82, 2.24) is 9.55 Å². The summed E-state index contributed by atoms with van der Waals surface area (Å²) in [7, 11) is 2.11. The molecule has 0 saturated carbocycles. The lowest BCUT2D eigenvalue weighted by molar-refractivity contribution is -0.120. The average molecular weight is 296 g/mol. The Morgan fingerprint density at radius 1 is 1.36 bits per heavy atom. The normalized spacial score (nSPS) is 19.7. The lowest BCUT2D eigenvalue weighted by Crippen LogP contribution is -2.29. The Morgan fingerprint density at radius 2 is 2.27 bits per heavy atom. The number of anilines is 2. The molecule has 1 aromatic carbocycles. The fourth-order valence-electron chi connectivity index (χ4n) is 3.48. The van der Waals surface area contributed by atoms with Crippen LogP contribution in [0.5, 0.6) is 0 Å². The van der Waals surface area contributed by atoms with Crippen molar-refractivity contribution in [2.75, 3.05) is 23.8 Å². The zero-order valence-corrected chi connectivity index (χ0v) is 12.7. The summed E-state index contributed by atoms with van der Waals surface area (Å²) in [5, 5.41) is 3.09. The van der Waals surface area contributed by atoms with Crippen LogP contribution >= 0.6 is 0 Å². The molecule has 0 bridgehead atoms. The second kappa shape index (κ2) is 5.16. The number of hydrogen-bond acceptors (Lipinski definition) is 3. The van der Waals surface area contributed by atoms with E-state index in [1.54, 1.807) is 0 Å². The molecule has 4 rings (SSSR count). The number of benzene rings is 1. The van der Waals surface area contributed by atoms with Gasteiger partial charge in [-0.05, 0) is 36.6 Å². The fourth-order valence-corrected chi connectivity index (χ4v) is 3.48. The Hall–Kier alpha value is -2.30. The van der Waals surface area contributed by atoms with E-state index in [2.05, 4.69) is 38.9 Å². The maximum atomic E-state index is 12.5. The van der Waals surface area contributed by atoms with Crippen LogP contribution in [0.2, 0.25) is 0 Å². The Labute approximate surface area is 130 Å². The number of amides is 1. The smallest absolute Gasteiger partial charge is 0.227 e. The fraction of sp³-hybridized carbons (Fsp3) is 0.412. The number of imidazole rings is 1. The molecular formula is C17H20N4O. The molecule has 114 valence electrons. The molecule has 2 aliphatic heterocycles. The number of nitrogens with one attached hydrogen (secondary N) is 1. The van der Waals surface area contributed by atoms with Crippen molar-refractivity contribution in [2.45, 2.75) is 25.8 Å². The number of nitrogens with zero attached hydrogens (tertiary/aromatic N) is 3.